The molecule has 0 aliphatic heterocycles. The van der Waals surface area contributed by atoms with Crippen LogP contribution in [0.4, 0.5) is 13.2 Å². The summed E-state index contributed by atoms with van der Waals surface area (Å²) in [5.74, 6) is 5.11. The minimum Gasteiger partial charge on any atom is -0.396 e. The van der Waals surface area contributed by atoms with Crippen LogP contribution in [0.2, 0.25) is 0 Å². The summed E-state index contributed by atoms with van der Waals surface area (Å²) in [6.07, 6.45) is -4.52. The van der Waals surface area contributed by atoms with Gasteiger partial charge in [-0.25, -0.2) is 0 Å². The number of hydrogen-bond acceptors (Lipinski definition) is 2. The van der Waals surface area contributed by atoms with Gasteiger partial charge in [-0.1, -0.05) is 60.9 Å². The number of hydrogen-bond donors (Lipinski definition) is 2. The van der Waals surface area contributed by atoms with Crippen LogP contribution in [0.1, 0.15) is 31.4 Å². The largest absolute Gasteiger partial charge is 0.404 e. The van der Waals surface area contributed by atoms with Crippen molar-refractivity contribution in [2.45, 2.75) is 38.0 Å². The monoisotopic (exact) mass is 361 g/mol. The molecule has 2 aromatic carbocycles. The Morgan fingerprint density at radius 1 is 1.19 bits per heavy atom. The molecular weight excluding hydrogens is 339 g/mol. The van der Waals surface area contributed by atoms with Crippen molar-refractivity contribution in [2.24, 2.45) is 0 Å². The van der Waals surface area contributed by atoms with Crippen LogP contribution in [-0.2, 0) is 0 Å². The lowest BCUT2D eigenvalue weighted by Gasteiger charge is -2.25. The van der Waals surface area contributed by atoms with Crippen molar-refractivity contribution in [1.29, 1.82) is 0 Å². The zero-order chi connectivity index (χ0) is 19.2. The molecule has 0 bridgehead atoms. The third-order valence-electron chi connectivity index (χ3n) is 4.12. The van der Waals surface area contributed by atoms with Gasteiger partial charge in [0, 0.05) is 25.5 Å². The molecular formula is C21H22F3NO. The van der Waals surface area contributed by atoms with Crippen molar-refractivity contribution < 1.29 is 18.3 Å². The molecule has 0 saturated carbocycles. The highest BCUT2D eigenvalue weighted by Gasteiger charge is 2.39. The summed E-state index contributed by atoms with van der Waals surface area (Å²) < 4.78 is 40.2. The van der Waals surface area contributed by atoms with Gasteiger partial charge in [0.25, 0.3) is 0 Å². The third kappa shape index (κ3) is 5.35. The van der Waals surface area contributed by atoms with Crippen molar-refractivity contribution in [1.82, 2.24) is 5.32 Å². The highest BCUT2D eigenvalue weighted by Crippen LogP contribution is 2.28. The van der Waals surface area contributed by atoms with Crippen LogP contribution in [0.3, 0.4) is 0 Å². The number of rotatable bonds is 6. The van der Waals surface area contributed by atoms with E-state index in [1.54, 1.807) is 6.92 Å². The molecule has 0 aliphatic carbocycles. The first-order valence-corrected chi connectivity index (χ1v) is 8.41. The number of aliphatic hydroxyl groups is 1. The Bertz CT molecular complexity index is 812. The van der Waals surface area contributed by atoms with Gasteiger partial charge >= 0.3 is 6.18 Å². The highest BCUT2D eigenvalue weighted by molar-refractivity contribution is 5.86. The second kappa shape index (κ2) is 8.88. The van der Waals surface area contributed by atoms with Crippen LogP contribution in [0.25, 0.3) is 10.8 Å². The topological polar surface area (TPSA) is 32.3 Å². The summed E-state index contributed by atoms with van der Waals surface area (Å²) in [5.41, 5.74) is 1.24. The van der Waals surface area contributed by atoms with Gasteiger partial charge in [0.15, 0.2) is 0 Å². The number of halogens is 3. The third-order valence-corrected chi connectivity index (χ3v) is 4.12. The zero-order valence-electron chi connectivity index (χ0n) is 14.6. The van der Waals surface area contributed by atoms with Gasteiger partial charge in [0.05, 0.1) is 0 Å². The fourth-order valence-corrected chi connectivity index (χ4v) is 2.76. The van der Waals surface area contributed by atoms with Gasteiger partial charge in [0.2, 0.25) is 0 Å². The molecule has 0 radical (unpaired) electrons. The SMILES string of the molecule is C=C(C#CCC(N[C@H](C)c1cccc2ccccc12)C(F)(F)F)CCO. The number of nitrogens with one attached hydrogen (secondary N) is 1. The van der Waals surface area contributed by atoms with Crippen LogP contribution >= 0.6 is 0 Å². The van der Waals surface area contributed by atoms with Gasteiger partial charge in [-0.15, -0.1) is 0 Å². The molecule has 0 fully saturated rings. The van der Waals surface area contributed by atoms with Crippen molar-refractivity contribution in [3.63, 3.8) is 0 Å². The molecule has 1 unspecified atom stereocenters. The number of fused-ring (bicyclic) bond motifs is 1. The van der Waals surface area contributed by atoms with E-state index in [1.807, 2.05) is 42.5 Å². The fraction of sp³-hybridized carbons (Fsp3) is 0.333. The molecule has 0 heterocycles. The van der Waals surface area contributed by atoms with Crippen LogP contribution in [-0.4, -0.2) is 23.9 Å². The van der Waals surface area contributed by atoms with Crippen LogP contribution in [0, 0.1) is 11.8 Å². The average molecular weight is 361 g/mol. The highest BCUT2D eigenvalue weighted by atomic mass is 19.4. The summed E-state index contributed by atoms with van der Waals surface area (Å²) in [4.78, 5) is 0. The summed E-state index contributed by atoms with van der Waals surface area (Å²) in [7, 11) is 0. The molecule has 2 rings (SSSR count). The van der Waals surface area contributed by atoms with Crippen LogP contribution < -0.4 is 5.32 Å². The smallest absolute Gasteiger partial charge is 0.396 e. The van der Waals surface area contributed by atoms with Gasteiger partial charge in [-0.05, 0) is 28.8 Å². The Morgan fingerprint density at radius 3 is 2.58 bits per heavy atom. The van der Waals surface area contributed by atoms with Crippen molar-refractivity contribution in [3.05, 3.63) is 60.2 Å². The lowest BCUT2D eigenvalue weighted by atomic mass is 9.98. The predicted molar refractivity (Wildman–Crippen MR) is 98.6 cm³/mol. The number of aliphatic hydroxyl groups excluding tert-OH is 1. The fourth-order valence-electron chi connectivity index (χ4n) is 2.76. The summed E-state index contributed by atoms with van der Waals surface area (Å²) in [6.45, 7) is 5.21. The first kappa shape index (κ1) is 20.0. The molecule has 2 atom stereocenters. The van der Waals surface area contributed by atoms with E-state index in [4.69, 9.17) is 5.11 Å². The number of benzene rings is 2. The first-order chi connectivity index (χ1) is 12.3. The van der Waals surface area contributed by atoms with Gasteiger partial charge in [-0.2, -0.15) is 13.2 Å². The summed E-state index contributed by atoms with van der Waals surface area (Å²) >= 11 is 0. The van der Waals surface area contributed by atoms with Gasteiger partial charge < -0.3 is 5.11 Å². The molecule has 2 nitrogen and oxygen atoms in total. The van der Waals surface area contributed by atoms with Crippen LogP contribution in [0.15, 0.2) is 54.6 Å². The van der Waals surface area contributed by atoms with E-state index in [0.717, 1.165) is 16.3 Å². The minimum absolute atomic E-state index is 0.118. The molecule has 0 amide bonds. The maximum atomic E-state index is 13.4. The van der Waals surface area contributed by atoms with E-state index in [9.17, 15) is 13.2 Å². The van der Waals surface area contributed by atoms with Gasteiger partial charge in [0.1, 0.15) is 6.04 Å². The molecule has 5 heteroatoms. The van der Waals surface area contributed by atoms with E-state index in [1.165, 1.54) is 0 Å². The lowest BCUT2D eigenvalue weighted by Crippen LogP contribution is -2.43. The molecule has 0 aromatic heterocycles. The Kier molecular flexibility index (Phi) is 6.84. The summed E-state index contributed by atoms with van der Waals surface area (Å²) in [6, 6.07) is 11.0. The van der Waals surface area contributed by atoms with E-state index in [0.29, 0.717) is 5.57 Å². The van der Waals surface area contributed by atoms with Crippen molar-refractivity contribution >= 4 is 10.8 Å². The van der Waals surface area contributed by atoms with Crippen LogP contribution in [0.5, 0.6) is 0 Å². The Hall–Kier alpha value is -2.29. The second-order valence-electron chi connectivity index (χ2n) is 6.13. The number of alkyl halides is 3. The second-order valence-corrected chi connectivity index (χ2v) is 6.13. The average Bonchev–Trinajstić information content (AvgIpc) is 2.59. The molecule has 0 aliphatic rings. The zero-order valence-corrected chi connectivity index (χ0v) is 14.6. The molecule has 2 aromatic rings. The molecule has 0 spiro atoms. The maximum Gasteiger partial charge on any atom is 0.404 e. The van der Waals surface area contributed by atoms with E-state index >= 15 is 0 Å². The van der Waals surface area contributed by atoms with Crippen molar-refractivity contribution in [2.75, 3.05) is 6.61 Å². The predicted octanol–water partition coefficient (Wildman–Crippen LogP) is 4.75. The Morgan fingerprint density at radius 2 is 1.88 bits per heavy atom. The van der Waals surface area contributed by atoms with E-state index in [2.05, 4.69) is 23.7 Å². The molecule has 0 saturated heterocycles. The molecule has 26 heavy (non-hydrogen) atoms. The molecule has 138 valence electrons. The van der Waals surface area contributed by atoms with E-state index in [-0.39, 0.29) is 19.4 Å². The quantitative estimate of drug-likeness (QED) is 0.728. The minimum atomic E-state index is -4.41. The lowest BCUT2D eigenvalue weighted by molar-refractivity contribution is -0.156. The molecule has 2 N–H and O–H groups in total. The normalized spacial score (nSPS) is 13.7. The Balaban J connectivity index is 2.18. The summed E-state index contributed by atoms with van der Waals surface area (Å²) in [5, 5.41) is 13.4. The van der Waals surface area contributed by atoms with Crippen molar-refractivity contribution in [3.8, 4) is 11.8 Å². The standard InChI is InChI=1S/C21H22F3NO/c1-15(13-14-26)7-5-12-20(21(22,23)24)25-16(2)18-11-6-9-17-8-3-4-10-19(17)18/h3-4,6,8-11,16,20,25-26H,1,12-14H2,2H3/t16-,20?/m1/s1. The van der Waals surface area contributed by atoms with Gasteiger partial charge in [-0.3, -0.25) is 5.32 Å². The Labute approximate surface area is 151 Å². The first-order valence-electron chi connectivity index (χ1n) is 8.41. The van der Waals surface area contributed by atoms with E-state index < -0.39 is 18.3 Å². The maximum absolute atomic E-state index is 13.4.